The molecule has 2 aliphatic carbocycles. The van der Waals surface area contributed by atoms with E-state index in [1.165, 1.54) is 6.07 Å². The molecule has 2 N–H and O–H groups in total. The third-order valence-electron chi connectivity index (χ3n) is 4.89. The lowest BCUT2D eigenvalue weighted by atomic mass is 9.67. The number of allylic oxidation sites excluding steroid dienone is 5. The summed E-state index contributed by atoms with van der Waals surface area (Å²) in [5, 5.41) is 20.6. The van der Waals surface area contributed by atoms with Crippen molar-refractivity contribution in [1.29, 1.82) is 0 Å². The molecule has 3 rings (SSSR count). The van der Waals surface area contributed by atoms with Gasteiger partial charge in [-0.1, -0.05) is 38.1 Å². The fourth-order valence-electron chi connectivity index (χ4n) is 3.67. The molecule has 0 amide bonds. The molecule has 0 fully saturated rings. The molecule has 0 bridgehead atoms. The largest absolute Gasteiger partial charge is 0.511 e. The minimum atomic E-state index is -0.912. The van der Waals surface area contributed by atoms with Crippen LogP contribution >= 0.6 is 0 Å². The maximum absolute atomic E-state index is 12.5. The third-order valence-corrected chi connectivity index (χ3v) is 4.89. The fraction of sp³-hybridized carbons (Fsp3) is 0.300. The van der Waals surface area contributed by atoms with E-state index in [9.17, 15) is 19.8 Å². The molecule has 4 heteroatoms. The van der Waals surface area contributed by atoms with Crippen molar-refractivity contribution in [2.75, 3.05) is 0 Å². The molecule has 0 saturated carbocycles. The van der Waals surface area contributed by atoms with Crippen LogP contribution in [-0.4, -0.2) is 21.8 Å². The number of aliphatic hydroxyl groups excluding tert-OH is 1. The number of aliphatic hydroxyl groups is 1. The van der Waals surface area contributed by atoms with E-state index in [-0.39, 0.29) is 17.1 Å². The van der Waals surface area contributed by atoms with Crippen LogP contribution in [-0.2, 0) is 4.79 Å². The minimum absolute atomic E-state index is 0.0489. The van der Waals surface area contributed by atoms with Crippen molar-refractivity contribution in [2.24, 2.45) is 5.92 Å². The highest BCUT2D eigenvalue weighted by Gasteiger charge is 2.46. The number of hydrogen-bond donors (Lipinski definition) is 2. The van der Waals surface area contributed by atoms with Crippen LogP contribution in [0.15, 0.2) is 53.3 Å². The highest BCUT2D eigenvalue weighted by Crippen LogP contribution is 2.47. The summed E-state index contributed by atoms with van der Waals surface area (Å²) in [6.45, 7) is 7.88. The number of rotatable bonds is 3. The number of hydrogen-bond acceptors (Lipinski definition) is 4. The van der Waals surface area contributed by atoms with Crippen molar-refractivity contribution in [3.8, 4) is 5.75 Å². The molecule has 1 aromatic carbocycles. The van der Waals surface area contributed by atoms with E-state index in [2.05, 4.69) is 6.58 Å². The van der Waals surface area contributed by atoms with Crippen LogP contribution < -0.4 is 0 Å². The summed E-state index contributed by atoms with van der Waals surface area (Å²) >= 11 is 0. The van der Waals surface area contributed by atoms with E-state index >= 15 is 0 Å². The smallest absolute Gasteiger partial charge is 0.233 e. The van der Waals surface area contributed by atoms with E-state index in [0.29, 0.717) is 11.1 Å². The summed E-state index contributed by atoms with van der Waals surface area (Å²) in [7, 11) is 0. The number of benzene rings is 1. The van der Waals surface area contributed by atoms with Crippen LogP contribution in [0.25, 0.3) is 0 Å². The SMILES string of the molecule is C=C(CCC)C1=CC2c3cccc(O)c3C(=O)C(=O)C2C(O)=C1C. The number of Topliss-reactive ketones (excluding diaryl/α,β-unsaturated/α-hetero) is 2. The highest BCUT2D eigenvalue weighted by atomic mass is 16.3. The zero-order chi connectivity index (χ0) is 17.6. The molecule has 0 aliphatic heterocycles. The van der Waals surface area contributed by atoms with Crippen LogP contribution in [0, 0.1) is 5.92 Å². The van der Waals surface area contributed by atoms with Gasteiger partial charge in [-0.15, -0.1) is 0 Å². The Labute approximate surface area is 140 Å². The third kappa shape index (κ3) is 2.21. The minimum Gasteiger partial charge on any atom is -0.511 e. The monoisotopic (exact) mass is 324 g/mol. The van der Waals surface area contributed by atoms with Gasteiger partial charge in [-0.3, -0.25) is 9.59 Å². The van der Waals surface area contributed by atoms with Crippen LogP contribution in [0.3, 0.4) is 0 Å². The van der Waals surface area contributed by atoms with Gasteiger partial charge in [0, 0.05) is 5.92 Å². The number of phenols is 1. The molecular weight excluding hydrogens is 304 g/mol. The predicted molar refractivity (Wildman–Crippen MR) is 91.1 cm³/mol. The lowest BCUT2D eigenvalue weighted by Gasteiger charge is -2.34. The van der Waals surface area contributed by atoms with Crippen molar-refractivity contribution >= 4 is 11.6 Å². The molecule has 1 aromatic rings. The number of carbonyl (C=O) groups excluding carboxylic acids is 2. The Hall–Kier alpha value is -2.62. The van der Waals surface area contributed by atoms with Gasteiger partial charge in [-0.05, 0) is 41.7 Å². The Morgan fingerprint density at radius 2 is 1.96 bits per heavy atom. The average Bonchev–Trinajstić information content (AvgIpc) is 2.55. The van der Waals surface area contributed by atoms with Gasteiger partial charge < -0.3 is 10.2 Å². The standard InChI is InChI=1S/C20H20O4/c1-4-6-10(2)13-9-14-12-7-5-8-15(21)16(12)19(23)20(24)17(14)18(22)11(13)3/h5,7-9,14,17,21-22H,2,4,6H2,1,3H3. The molecule has 0 saturated heterocycles. The van der Waals surface area contributed by atoms with Crippen molar-refractivity contribution in [2.45, 2.75) is 32.6 Å². The number of aromatic hydroxyl groups is 1. The van der Waals surface area contributed by atoms with Crippen molar-refractivity contribution in [3.63, 3.8) is 0 Å². The number of fused-ring (bicyclic) bond motifs is 3. The zero-order valence-corrected chi connectivity index (χ0v) is 13.8. The Morgan fingerprint density at radius 3 is 2.62 bits per heavy atom. The van der Waals surface area contributed by atoms with Gasteiger partial charge in [0.25, 0.3) is 0 Å². The second-order valence-corrected chi connectivity index (χ2v) is 6.38. The normalized spacial score (nSPS) is 22.8. The zero-order valence-electron chi connectivity index (χ0n) is 13.8. The number of carbonyl (C=O) groups is 2. The van der Waals surface area contributed by atoms with E-state index in [1.54, 1.807) is 19.1 Å². The van der Waals surface area contributed by atoms with Gasteiger partial charge in [-0.25, -0.2) is 0 Å². The van der Waals surface area contributed by atoms with Crippen LogP contribution in [0.4, 0.5) is 0 Å². The fourth-order valence-corrected chi connectivity index (χ4v) is 3.67. The summed E-state index contributed by atoms with van der Waals surface area (Å²) < 4.78 is 0. The summed E-state index contributed by atoms with van der Waals surface area (Å²) in [5.74, 6) is -3.07. The van der Waals surface area contributed by atoms with Crippen LogP contribution in [0.2, 0.25) is 0 Å². The summed E-state index contributed by atoms with van der Waals surface area (Å²) in [4.78, 5) is 24.9. The topological polar surface area (TPSA) is 74.6 Å². The van der Waals surface area contributed by atoms with Gasteiger partial charge in [0.15, 0.2) is 0 Å². The molecule has 2 aliphatic rings. The molecule has 24 heavy (non-hydrogen) atoms. The van der Waals surface area contributed by atoms with Gasteiger partial charge in [0.1, 0.15) is 11.5 Å². The first-order valence-corrected chi connectivity index (χ1v) is 8.09. The molecule has 0 aromatic heterocycles. The summed E-state index contributed by atoms with van der Waals surface area (Å²) in [6.07, 6.45) is 3.61. The number of ketones is 2. The van der Waals surface area contributed by atoms with Gasteiger partial charge in [0.05, 0.1) is 11.5 Å². The molecule has 0 radical (unpaired) electrons. The second kappa shape index (κ2) is 5.78. The van der Waals surface area contributed by atoms with Gasteiger partial charge >= 0.3 is 0 Å². The quantitative estimate of drug-likeness (QED) is 0.825. The highest BCUT2D eigenvalue weighted by molar-refractivity contribution is 6.47. The van der Waals surface area contributed by atoms with E-state index < -0.39 is 23.4 Å². The lowest BCUT2D eigenvalue weighted by Crippen LogP contribution is -2.38. The first-order valence-electron chi connectivity index (χ1n) is 8.09. The predicted octanol–water partition coefficient (Wildman–Crippen LogP) is 3.99. The maximum atomic E-state index is 12.5. The molecule has 0 heterocycles. The first kappa shape index (κ1) is 16.2. The van der Waals surface area contributed by atoms with Gasteiger partial charge in [-0.2, -0.15) is 0 Å². The van der Waals surface area contributed by atoms with Crippen molar-refractivity contribution < 1.29 is 19.8 Å². The van der Waals surface area contributed by atoms with Crippen LogP contribution in [0.5, 0.6) is 5.75 Å². The molecule has 4 nitrogen and oxygen atoms in total. The van der Waals surface area contributed by atoms with Crippen molar-refractivity contribution in [1.82, 2.24) is 0 Å². The molecule has 0 spiro atoms. The van der Waals surface area contributed by atoms with E-state index in [1.807, 2.05) is 13.0 Å². The molecule has 2 atom stereocenters. The Kier molecular flexibility index (Phi) is 3.91. The van der Waals surface area contributed by atoms with E-state index in [0.717, 1.165) is 24.0 Å². The average molecular weight is 324 g/mol. The second-order valence-electron chi connectivity index (χ2n) is 6.38. The summed E-state index contributed by atoms with van der Waals surface area (Å²) in [5.41, 5.74) is 2.94. The Balaban J connectivity index is 2.22. The molecule has 2 unspecified atom stereocenters. The first-order chi connectivity index (χ1) is 11.4. The van der Waals surface area contributed by atoms with Crippen LogP contribution in [0.1, 0.15) is 48.5 Å². The molecule has 124 valence electrons. The van der Waals surface area contributed by atoms with Gasteiger partial charge in [0.2, 0.25) is 11.6 Å². The summed E-state index contributed by atoms with van der Waals surface area (Å²) in [6, 6.07) is 4.77. The Bertz CT molecular complexity index is 826. The maximum Gasteiger partial charge on any atom is 0.233 e. The van der Waals surface area contributed by atoms with E-state index in [4.69, 9.17) is 0 Å². The number of phenolic OH excluding ortho intramolecular Hbond substituents is 1. The Morgan fingerprint density at radius 1 is 1.25 bits per heavy atom. The molecular formula is C20H20O4. The lowest BCUT2D eigenvalue weighted by molar-refractivity contribution is -0.119. The van der Waals surface area contributed by atoms with Crippen molar-refractivity contribution in [3.05, 3.63) is 64.5 Å².